The van der Waals surface area contributed by atoms with Crippen molar-refractivity contribution in [3.8, 4) is 12.1 Å². The number of nitriles is 2. The van der Waals surface area contributed by atoms with E-state index in [4.69, 9.17) is 10.5 Å². The second kappa shape index (κ2) is 3.54. The fourth-order valence-electron chi connectivity index (χ4n) is 1.00. The lowest BCUT2D eigenvalue weighted by molar-refractivity contribution is 0.663. The van der Waals surface area contributed by atoms with Gasteiger partial charge in [-0.2, -0.15) is 10.5 Å². The molecule has 4 heteroatoms. The van der Waals surface area contributed by atoms with Gasteiger partial charge < -0.3 is 4.57 Å². The van der Waals surface area contributed by atoms with E-state index < -0.39 is 0 Å². The van der Waals surface area contributed by atoms with Gasteiger partial charge in [0, 0.05) is 6.54 Å². The zero-order valence-electron chi connectivity index (χ0n) is 6.78. The second-order valence-electron chi connectivity index (χ2n) is 2.34. The summed E-state index contributed by atoms with van der Waals surface area (Å²) in [6.45, 7) is 2.66. The summed E-state index contributed by atoms with van der Waals surface area (Å²) in [5.74, 6) is 0.313. The summed E-state index contributed by atoms with van der Waals surface area (Å²) < 4.78 is 1.62. The van der Waals surface area contributed by atoms with Crippen molar-refractivity contribution in [2.45, 2.75) is 19.9 Å². The Labute approximate surface area is 70.7 Å². The molecule has 1 heterocycles. The van der Waals surface area contributed by atoms with Gasteiger partial charge >= 0.3 is 0 Å². The highest BCUT2D eigenvalue weighted by Gasteiger charge is 2.06. The maximum absolute atomic E-state index is 8.63. The monoisotopic (exact) mass is 160 g/mol. The number of imidazole rings is 1. The quantitative estimate of drug-likeness (QED) is 0.649. The van der Waals surface area contributed by atoms with Gasteiger partial charge in [0.05, 0.1) is 6.20 Å². The van der Waals surface area contributed by atoms with Crippen molar-refractivity contribution < 1.29 is 0 Å². The molecule has 60 valence electrons. The van der Waals surface area contributed by atoms with Crippen molar-refractivity contribution in [3.63, 3.8) is 0 Å². The van der Waals surface area contributed by atoms with Gasteiger partial charge in [0.25, 0.3) is 0 Å². The molecule has 0 aromatic carbocycles. The lowest BCUT2D eigenvalue weighted by atomic mass is 10.4. The van der Waals surface area contributed by atoms with Crippen molar-refractivity contribution in [2.24, 2.45) is 0 Å². The van der Waals surface area contributed by atoms with Crippen molar-refractivity contribution >= 4 is 0 Å². The predicted molar refractivity (Wildman–Crippen MR) is 41.9 cm³/mol. The van der Waals surface area contributed by atoms with Crippen LogP contribution in [-0.2, 0) is 6.54 Å². The third-order valence-electron chi connectivity index (χ3n) is 1.52. The van der Waals surface area contributed by atoms with Gasteiger partial charge in [0.15, 0.2) is 0 Å². The van der Waals surface area contributed by atoms with Crippen molar-refractivity contribution in [1.82, 2.24) is 9.55 Å². The molecule has 0 saturated heterocycles. The van der Waals surface area contributed by atoms with E-state index in [2.05, 4.69) is 4.98 Å². The Morgan fingerprint density at radius 2 is 2.25 bits per heavy atom. The Balaban J connectivity index is 3.12. The van der Waals surface area contributed by atoms with Crippen LogP contribution in [0.3, 0.4) is 0 Å². The largest absolute Gasteiger partial charge is 0.307 e. The number of hydrogen-bond donors (Lipinski definition) is 0. The Hall–Kier alpha value is -1.81. The fourth-order valence-corrected chi connectivity index (χ4v) is 1.00. The topological polar surface area (TPSA) is 65.4 Å². The molecule has 1 rings (SSSR count). The van der Waals surface area contributed by atoms with Gasteiger partial charge in [-0.3, -0.25) is 0 Å². The first-order chi connectivity index (χ1) is 5.83. The molecule has 0 bridgehead atoms. The molecule has 0 saturated carbocycles. The van der Waals surface area contributed by atoms with E-state index in [0.717, 1.165) is 6.42 Å². The molecule has 4 nitrogen and oxygen atoms in total. The van der Waals surface area contributed by atoms with E-state index in [-0.39, 0.29) is 0 Å². The molecule has 12 heavy (non-hydrogen) atoms. The molecule has 0 aliphatic carbocycles. The Morgan fingerprint density at radius 3 is 2.75 bits per heavy atom. The molecule has 1 aromatic heterocycles. The molecular formula is C8H8N4. The number of hydrogen-bond acceptors (Lipinski definition) is 3. The van der Waals surface area contributed by atoms with Crippen LogP contribution in [0.15, 0.2) is 6.20 Å². The van der Waals surface area contributed by atoms with Crippen molar-refractivity contribution in [1.29, 1.82) is 10.5 Å². The molecular weight excluding hydrogens is 152 g/mol. The Kier molecular flexibility index (Phi) is 2.45. The minimum Gasteiger partial charge on any atom is -0.307 e. The van der Waals surface area contributed by atoms with Gasteiger partial charge in [-0.05, 0) is 6.42 Å². The SMILES string of the molecule is CCCn1c(C#N)cnc1C#N. The number of rotatable bonds is 2. The zero-order chi connectivity index (χ0) is 8.97. The van der Waals surface area contributed by atoms with Gasteiger partial charge in [0.1, 0.15) is 17.8 Å². The second-order valence-corrected chi connectivity index (χ2v) is 2.34. The average Bonchev–Trinajstić information content (AvgIpc) is 2.48. The van der Waals surface area contributed by atoms with Crippen LogP contribution in [-0.4, -0.2) is 9.55 Å². The highest BCUT2D eigenvalue weighted by molar-refractivity contribution is 5.25. The molecule has 0 N–H and O–H groups in total. The van der Waals surface area contributed by atoms with E-state index in [1.54, 1.807) is 4.57 Å². The van der Waals surface area contributed by atoms with E-state index in [1.807, 2.05) is 19.1 Å². The van der Waals surface area contributed by atoms with Crippen molar-refractivity contribution in [3.05, 3.63) is 17.7 Å². The van der Waals surface area contributed by atoms with Crippen LogP contribution in [0.25, 0.3) is 0 Å². The molecule has 0 aliphatic heterocycles. The smallest absolute Gasteiger partial charge is 0.213 e. The van der Waals surface area contributed by atoms with E-state index in [9.17, 15) is 0 Å². The molecule has 0 atom stereocenters. The average molecular weight is 160 g/mol. The zero-order valence-corrected chi connectivity index (χ0v) is 6.78. The molecule has 1 aromatic rings. The third kappa shape index (κ3) is 1.28. The minimum atomic E-state index is 0.313. The lowest BCUT2D eigenvalue weighted by Crippen LogP contribution is -2.02. The van der Waals surface area contributed by atoms with E-state index in [0.29, 0.717) is 18.1 Å². The Bertz CT molecular complexity index is 319. The first kappa shape index (κ1) is 8.29. The van der Waals surface area contributed by atoms with Gasteiger partial charge in [-0.25, -0.2) is 4.98 Å². The molecule has 0 radical (unpaired) electrons. The third-order valence-corrected chi connectivity index (χ3v) is 1.52. The van der Waals surface area contributed by atoms with Crippen LogP contribution in [0.4, 0.5) is 0 Å². The first-order valence-electron chi connectivity index (χ1n) is 3.69. The summed E-state index contributed by atoms with van der Waals surface area (Å²) in [5.41, 5.74) is 0.452. The van der Waals surface area contributed by atoms with Gasteiger partial charge in [0.2, 0.25) is 5.82 Å². The van der Waals surface area contributed by atoms with E-state index >= 15 is 0 Å². The Morgan fingerprint density at radius 1 is 1.50 bits per heavy atom. The fraction of sp³-hybridized carbons (Fsp3) is 0.375. The van der Waals surface area contributed by atoms with Crippen molar-refractivity contribution in [2.75, 3.05) is 0 Å². The minimum absolute atomic E-state index is 0.313. The summed E-state index contributed by atoms with van der Waals surface area (Å²) >= 11 is 0. The summed E-state index contributed by atoms with van der Waals surface area (Å²) in [6, 6.07) is 3.92. The standard InChI is InChI=1S/C8H8N4/c1-2-3-12-7(4-9)6-11-8(12)5-10/h6H,2-3H2,1H3. The highest BCUT2D eigenvalue weighted by atomic mass is 15.1. The van der Waals surface area contributed by atoms with E-state index in [1.165, 1.54) is 6.20 Å². The first-order valence-corrected chi connectivity index (χ1v) is 3.69. The maximum atomic E-state index is 8.63. The van der Waals surface area contributed by atoms with Crippen LogP contribution in [0.2, 0.25) is 0 Å². The van der Waals surface area contributed by atoms with Crippen LogP contribution < -0.4 is 0 Å². The van der Waals surface area contributed by atoms with Crippen LogP contribution in [0.5, 0.6) is 0 Å². The molecule has 0 unspecified atom stereocenters. The summed E-state index contributed by atoms with van der Waals surface area (Å²) in [4.78, 5) is 3.80. The van der Waals surface area contributed by atoms with Gasteiger partial charge in [-0.1, -0.05) is 6.92 Å². The van der Waals surface area contributed by atoms with Crippen LogP contribution >= 0.6 is 0 Å². The normalized spacial score (nSPS) is 8.92. The predicted octanol–water partition coefficient (Wildman–Crippen LogP) is 1.04. The summed E-state index contributed by atoms with van der Waals surface area (Å²) in [6.07, 6.45) is 2.31. The summed E-state index contributed by atoms with van der Waals surface area (Å²) in [7, 11) is 0. The van der Waals surface area contributed by atoms with Crippen LogP contribution in [0.1, 0.15) is 24.9 Å². The lowest BCUT2D eigenvalue weighted by Gasteiger charge is -2.00. The van der Waals surface area contributed by atoms with Gasteiger partial charge in [-0.15, -0.1) is 0 Å². The molecule has 0 spiro atoms. The van der Waals surface area contributed by atoms with Crippen LogP contribution in [0, 0.1) is 22.7 Å². The molecule has 0 amide bonds. The summed E-state index contributed by atoms with van der Waals surface area (Å²) in [5, 5.41) is 17.2. The molecule has 0 fully saturated rings. The number of aromatic nitrogens is 2. The maximum Gasteiger partial charge on any atom is 0.213 e. The molecule has 0 aliphatic rings. The number of nitrogens with zero attached hydrogens (tertiary/aromatic N) is 4. The highest BCUT2D eigenvalue weighted by Crippen LogP contribution is 2.03.